The summed E-state index contributed by atoms with van der Waals surface area (Å²) in [7, 11) is 7.17. The second-order valence-corrected chi connectivity index (χ2v) is 11.9. The summed E-state index contributed by atoms with van der Waals surface area (Å²) in [6.07, 6.45) is 4.23. The molecule has 0 heterocycles. The number of benzene rings is 1. The maximum atomic E-state index is 12.8. The normalized spacial score (nSPS) is 20.8. The molecule has 2 rings (SSSR count). The largest absolute Gasteiger partial charge is 0.349 e. The first-order valence-corrected chi connectivity index (χ1v) is 13.0. The molecule has 1 aromatic carbocycles. The van der Waals surface area contributed by atoms with Crippen molar-refractivity contribution in [3.05, 3.63) is 35.9 Å². The molecule has 36 heavy (non-hydrogen) atoms. The number of amides is 5. The summed E-state index contributed by atoms with van der Waals surface area (Å²) >= 11 is 0. The third-order valence-corrected chi connectivity index (χ3v) is 7.12. The van der Waals surface area contributed by atoms with Gasteiger partial charge in [-0.05, 0) is 48.0 Å². The van der Waals surface area contributed by atoms with Crippen LogP contribution in [0.25, 0.3) is 0 Å². The lowest BCUT2D eigenvalue weighted by molar-refractivity contribution is -0.130. The van der Waals surface area contributed by atoms with Crippen LogP contribution in [0.15, 0.2) is 30.3 Å². The number of nitrogens with zero attached hydrogens (tertiary/aromatic N) is 3. The molecular formula is C28H47N5O3. The van der Waals surface area contributed by atoms with Gasteiger partial charge in [-0.3, -0.25) is 4.79 Å². The Morgan fingerprint density at radius 1 is 0.889 bits per heavy atom. The molecule has 1 aromatic rings. The number of carbonyl (C=O) groups excluding carboxylic acids is 3. The van der Waals surface area contributed by atoms with Gasteiger partial charge in [0.25, 0.3) is 0 Å². The van der Waals surface area contributed by atoms with Gasteiger partial charge in [-0.1, -0.05) is 51.1 Å². The van der Waals surface area contributed by atoms with Gasteiger partial charge >= 0.3 is 12.1 Å². The summed E-state index contributed by atoms with van der Waals surface area (Å²) in [6.45, 7) is 8.95. The molecule has 0 bridgehead atoms. The molecule has 0 saturated heterocycles. The molecule has 2 atom stereocenters. The standard InChI is InChI=1S/C28H47N5O3/c1-27(2)17-23(16-24(34)31(4)5)18-28(3,20-27)21-30-26(36)33(7)15-11-14-32(6)25(35)29-19-22-12-9-8-10-13-22/h8-10,12-13,23H,11,14-21H2,1-7H3,(H,29,35)(H,30,36). The van der Waals surface area contributed by atoms with E-state index in [-0.39, 0.29) is 28.8 Å². The fraction of sp³-hybridized carbons (Fsp3) is 0.679. The van der Waals surface area contributed by atoms with Crippen molar-refractivity contribution in [2.24, 2.45) is 16.7 Å². The molecule has 2 unspecified atom stereocenters. The van der Waals surface area contributed by atoms with Gasteiger partial charge in [0.15, 0.2) is 0 Å². The predicted molar refractivity (Wildman–Crippen MR) is 144 cm³/mol. The van der Waals surface area contributed by atoms with Crippen molar-refractivity contribution in [1.82, 2.24) is 25.3 Å². The van der Waals surface area contributed by atoms with E-state index in [9.17, 15) is 14.4 Å². The summed E-state index contributed by atoms with van der Waals surface area (Å²) in [4.78, 5) is 42.4. The van der Waals surface area contributed by atoms with Crippen LogP contribution in [0.4, 0.5) is 9.59 Å². The van der Waals surface area contributed by atoms with E-state index in [1.165, 1.54) is 0 Å². The Labute approximate surface area is 217 Å². The minimum absolute atomic E-state index is 0.0490. The van der Waals surface area contributed by atoms with Crippen molar-refractivity contribution < 1.29 is 14.4 Å². The number of hydrogen-bond donors (Lipinski definition) is 2. The minimum Gasteiger partial charge on any atom is -0.349 e. The van der Waals surface area contributed by atoms with Crippen LogP contribution in [-0.2, 0) is 11.3 Å². The molecule has 0 radical (unpaired) electrons. The van der Waals surface area contributed by atoms with Crippen LogP contribution in [0.5, 0.6) is 0 Å². The molecule has 1 aliphatic carbocycles. The van der Waals surface area contributed by atoms with Crippen LogP contribution in [0.1, 0.15) is 58.4 Å². The van der Waals surface area contributed by atoms with Gasteiger partial charge in [0.1, 0.15) is 0 Å². The highest BCUT2D eigenvalue weighted by Crippen LogP contribution is 2.49. The molecule has 0 aromatic heterocycles. The molecule has 202 valence electrons. The molecular weight excluding hydrogens is 454 g/mol. The molecule has 8 heteroatoms. The van der Waals surface area contributed by atoms with E-state index in [0.29, 0.717) is 44.9 Å². The molecule has 1 aliphatic rings. The highest BCUT2D eigenvalue weighted by Gasteiger charge is 2.42. The average molecular weight is 502 g/mol. The summed E-state index contributed by atoms with van der Waals surface area (Å²) < 4.78 is 0. The molecule has 1 fully saturated rings. The van der Waals surface area contributed by atoms with E-state index in [4.69, 9.17) is 0 Å². The van der Waals surface area contributed by atoms with Gasteiger partial charge < -0.3 is 25.3 Å². The van der Waals surface area contributed by atoms with Gasteiger partial charge in [-0.2, -0.15) is 0 Å². The van der Waals surface area contributed by atoms with Gasteiger partial charge in [0, 0.05) is 60.8 Å². The smallest absolute Gasteiger partial charge is 0.317 e. The maximum Gasteiger partial charge on any atom is 0.317 e. The fourth-order valence-corrected chi connectivity index (χ4v) is 5.64. The topological polar surface area (TPSA) is 85.0 Å². The van der Waals surface area contributed by atoms with Crippen LogP contribution >= 0.6 is 0 Å². The van der Waals surface area contributed by atoms with E-state index in [0.717, 1.165) is 24.8 Å². The Balaban J connectivity index is 1.75. The quantitative estimate of drug-likeness (QED) is 0.505. The average Bonchev–Trinajstić information content (AvgIpc) is 2.80. The summed E-state index contributed by atoms with van der Waals surface area (Å²) in [5.41, 5.74) is 1.14. The maximum absolute atomic E-state index is 12.8. The van der Waals surface area contributed by atoms with Crippen molar-refractivity contribution in [3.63, 3.8) is 0 Å². The molecule has 8 nitrogen and oxygen atoms in total. The molecule has 2 N–H and O–H groups in total. The highest BCUT2D eigenvalue weighted by molar-refractivity contribution is 5.76. The lowest BCUT2D eigenvalue weighted by Gasteiger charge is -2.47. The SMILES string of the molecule is CN(C)C(=O)CC1CC(C)(C)CC(C)(CNC(=O)N(C)CCCN(C)C(=O)NCc2ccccc2)C1. The summed E-state index contributed by atoms with van der Waals surface area (Å²) in [5.74, 6) is 0.495. The lowest BCUT2D eigenvalue weighted by Crippen LogP contribution is -2.47. The zero-order valence-electron chi connectivity index (χ0n) is 23.4. The number of urea groups is 2. The third kappa shape index (κ3) is 9.70. The van der Waals surface area contributed by atoms with Crippen LogP contribution in [0.3, 0.4) is 0 Å². The molecule has 1 saturated carbocycles. The summed E-state index contributed by atoms with van der Waals surface area (Å²) in [6, 6.07) is 9.58. The van der Waals surface area contributed by atoms with E-state index in [2.05, 4.69) is 31.4 Å². The number of nitrogens with one attached hydrogen (secondary N) is 2. The van der Waals surface area contributed by atoms with Crippen molar-refractivity contribution in [2.45, 2.75) is 59.4 Å². The van der Waals surface area contributed by atoms with Crippen LogP contribution < -0.4 is 10.6 Å². The van der Waals surface area contributed by atoms with Crippen molar-refractivity contribution in [2.75, 3.05) is 47.8 Å². The van der Waals surface area contributed by atoms with E-state index in [1.807, 2.05) is 30.3 Å². The van der Waals surface area contributed by atoms with Gasteiger partial charge in [-0.25, -0.2) is 9.59 Å². The number of rotatable bonds is 10. The Kier molecular flexibility index (Phi) is 10.6. The Bertz CT molecular complexity index is 873. The third-order valence-electron chi connectivity index (χ3n) is 7.12. The van der Waals surface area contributed by atoms with E-state index >= 15 is 0 Å². The van der Waals surface area contributed by atoms with Crippen LogP contribution in [0, 0.1) is 16.7 Å². The van der Waals surface area contributed by atoms with E-state index < -0.39 is 0 Å². The summed E-state index contributed by atoms with van der Waals surface area (Å²) in [5, 5.41) is 6.04. The minimum atomic E-state index is -0.124. The monoisotopic (exact) mass is 501 g/mol. The second-order valence-electron chi connectivity index (χ2n) is 11.9. The number of hydrogen-bond acceptors (Lipinski definition) is 3. The van der Waals surface area contributed by atoms with Gasteiger partial charge in [-0.15, -0.1) is 0 Å². The first-order chi connectivity index (χ1) is 16.8. The van der Waals surface area contributed by atoms with Crippen molar-refractivity contribution in [3.8, 4) is 0 Å². The first kappa shape index (κ1) is 29.5. The van der Waals surface area contributed by atoms with E-state index in [1.54, 1.807) is 42.9 Å². The van der Waals surface area contributed by atoms with Crippen molar-refractivity contribution >= 4 is 18.0 Å². The number of carbonyl (C=O) groups is 3. The first-order valence-electron chi connectivity index (χ1n) is 13.0. The molecule has 0 spiro atoms. The lowest BCUT2D eigenvalue weighted by atomic mass is 9.60. The highest BCUT2D eigenvalue weighted by atomic mass is 16.2. The zero-order chi connectivity index (χ0) is 26.9. The van der Waals surface area contributed by atoms with Crippen molar-refractivity contribution in [1.29, 1.82) is 0 Å². The fourth-order valence-electron chi connectivity index (χ4n) is 5.64. The zero-order valence-corrected chi connectivity index (χ0v) is 23.4. The van der Waals surface area contributed by atoms with Crippen LogP contribution in [-0.4, -0.2) is 80.5 Å². The molecule has 5 amide bonds. The predicted octanol–water partition coefficient (Wildman–Crippen LogP) is 4.17. The van der Waals surface area contributed by atoms with Gasteiger partial charge in [0.05, 0.1) is 0 Å². The second kappa shape index (κ2) is 13.0. The Hall–Kier alpha value is -2.77. The Morgan fingerprint density at radius 3 is 2.06 bits per heavy atom. The Morgan fingerprint density at radius 2 is 1.47 bits per heavy atom. The van der Waals surface area contributed by atoms with Crippen LogP contribution in [0.2, 0.25) is 0 Å². The molecule has 0 aliphatic heterocycles. The van der Waals surface area contributed by atoms with Gasteiger partial charge in [0.2, 0.25) is 5.91 Å².